The van der Waals surface area contributed by atoms with Crippen molar-refractivity contribution >= 4 is 34.1 Å². The number of aromatic nitrogens is 2. The molecule has 296 valence electrons. The summed E-state index contributed by atoms with van der Waals surface area (Å²) in [5.74, 6) is 0.719. The largest absolute Gasteiger partial charge is 0.310 e. The number of hydrogen-bond acceptors (Lipinski definition) is 4. The molecule has 0 saturated carbocycles. The maximum Gasteiger partial charge on any atom is 0.159 e. The van der Waals surface area contributed by atoms with E-state index in [1.165, 1.54) is 89.5 Å². The van der Waals surface area contributed by atoms with Crippen LogP contribution in [0, 0.1) is 27.7 Å². The molecule has 2 aliphatic heterocycles. The quantitative estimate of drug-likeness (QED) is 0.178. The number of aryl methyl sites for hydroxylation is 4. The van der Waals surface area contributed by atoms with Crippen LogP contribution in [0.4, 0.5) is 34.1 Å². The minimum atomic E-state index is -0.653. The number of rotatable bonds is 3. The summed E-state index contributed by atoms with van der Waals surface area (Å²) in [6.45, 7) is 8.94. The second-order valence-electron chi connectivity index (χ2n) is 17.3. The van der Waals surface area contributed by atoms with Crippen LogP contribution in [-0.4, -0.2) is 9.97 Å². The molecule has 9 aromatic rings. The van der Waals surface area contributed by atoms with Gasteiger partial charge in [0.1, 0.15) is 0 Å². The van der Waals surface area contributed by atoms with Gasteiger partial charge in [0.15, 0.2) is 5.82 Å². The Hall–Kier alpha value is -7.56. The second kappa shape index (κ2) is 13.5. The van der Waals surface area contributed by atoms with Crippen molar-refractivity contribution in [3.05, 3.63) is 261 Å². The van der Waals surface area contributed by atoms with E-state index in [9.17, 15) is 0 Å². The van der Waals surface area contributed by atoms with Crippen LogP contribution in [0.2, 0.25) is 0 Å². The normalized spacial score (nSPS) is 14.6. The molecule has 0 bridgehead atoms. The zero-order valence-electron chi connectivity index (χ0n) is 35.3. The molecule has 8 aromatic carbocycles. The van der Waals surface area contributed by atoms with Gasteiger partial charge in [0.05, 0.1) is 33.6 Å². The second-order valence-corrected chi connectivity index (χ2v) is 17.3. The van der Waals surface area contributed by atoms with Gasteiger partial charge in [0, 0.05) is 29.3 Å². The highest BCUT2D eigenvalue weighted by Gasteiger charge is 2.59. The van der Waals surface area contributed by atoms with Gasteiger partial charge in [-0.15, -0.1) is 0 Å². The minimum absolute atomic E-state index is 0.632. The predicted octanol–water partition coefficient (Wildman–Crippen LogP) is 14.0. The Morgan fingerprint density at radius 2 is 0.661 bits per heavy atom. The summed E-state index contributed by atoms with van der Waals surface area (Å²) < 4.78 is 0. The van der Waals surface area contributed by atoms with Crippen LogP contribution in [-0.2, 0) is 10.8 Å². The van der Waals surface area contributed by atoms with Crippen LogP contribution in [0.1, 0.15) is 66.8 Å². The molecule has 0 unspecified atom stereocenters. The smallest absolute Gasteiger partial charge is 0.159 e. The molecule has 4 heteroatoms. The first kappa shape index (κ1) is 36.3. The van der Waals surface area contributed by atoms with Crippen molar-refractivity contribution < 1.29 is 0 Å². The summed E-state index contributed by atoms with van der Waals surface area (Å²) in [4.78, 5) is 14.0. The van der Waals surface area contributed by atoms with Gasteiger partial charge in [0.25, 0.3) is 0 Å². The van der Waals surface area contributed by atoms with Crippen LogP contribution < -0.4 is 9.80 Å². The monoisotopic (exact) mass is 796 g/mol. The number of hydrogen-bond donors (Lipinski definition) is 0. The van der Waals surface area contributed by atoms with Crippen molar-refractivity contribution in [1.29, 1.82) is 0 Å². The third-order valence-corrected chi connectivity index (χ3v) is 13.6. The average Bonchev–Trinajstić information content (AvgIpc) is 3.31. The van der Waals surface area contributed by atoms with E-state index < -0.39 is 10.8 Å². The van der Waals surface area contributed by atoms with Crippen LogP contribution >= 0.6 is 0 Å². The first-order valence-electron chi connectivity index (χ1n) is 21.6. The van der Waals surface area contributed by atoms with Crippen molar-refractivity contribution in [2.45, 2.75) is 38.5 Å². The topological polar surface area (TPSA) is 32.3 Å². The maximum absolute atomic E-state index is 4.55. The van der Waals surface area contributed by atoms with Gasteiger partial charge in [-0.1, -0.05) is 138 Å². The molecule has 4 nitrogen and oxygen atoms in total. The molecule has 3 heterocycles. The molecule has 0 N–H and O–H groups in total. The molecule has 12 rings (SSSR count). The Bertz CT molecular complexity index is 3080. The van der Waals surface area contributed by atoms with Crippen molar-refractivity contribution in [1.82, 2.24) is 9.97 Å². The zero-order valence-corrected chi connectivity index (χ0v) is 35.3. The Kier molecular flexibility index (Phi) is 7.89. The lowest BCUT2D eigenvalue weighted by molar-refractivity contribution is 0.606. The van der Waals surface area contributed by atoms with E-state index in [-0.39, 0.29) is 0 Å². The molecule has 2 spiro atoms. The van der Waals surface area contributed by atoms with Gasteiger partial charge in [-0.05, 0) is 139 Å². The van der Waals surface area contributed by atoms with Crippen molar-refractivity contribution in [2.24, 2.45) is 0 Å². The predicted molar refractivity (Wildman–Crippen MR) is 253 cm³/mol. The number of para-hydroxylation sites is 1. The molecule has 0 saturated heterocycles. The van der Waals surface area contributed by atoms with E-state index in [4.69, 9.17) is 0 Å². The highest BCUT2D eigenvalue weighted by atomic mass is 15.2. The summed E-state index contributed by atoms with van der Waals surface area (Å²) in [5, 5.41) is 0. The van der Waals surface area contributed by atoms with Gasteiger partial charge in [-0.2, -0.15) is 0 Å². The third kappa shape index (κ3) is 4.89. The molecule has 3 aliphatic rings. The van der Waals surface area contributed by atoms with Crippen molar-refractivity contribution in [3.63, 3.8) is 0 Å². The molecule has 0 fully saturated rings. The van der Waals surface area contributed by atoms with Gasteiger partial charge >= 0.3 is 0 Å². The summed E-state index contributed by atoms with van der Waals surface area (Å²) in [6, 6.07) is 68.5. The first-order chi connectivity index (χ1) is 30.4. The first-order valence-corrected chi connectivity index (χ1v) is 21.6. The molecular weight excluding hydrogens is 753 g/mol. The molecule has 0 radical (unpaired) electrons. The van der Waals surface area contributed by atoms with E-state index in [0.29, 0.717) is 0 Å². The van der Waals surface area contributed by atoms with Crippen LogP contribution in [0.15, 0.2) is 194 Å². The number of fused-ring (bicyclic) bond motifs is 14. The van der Waals surface area contributed by atoms with E-state index in [1.54, 1.807) is 12.4 Å². The van der Waals surface area contributed by atoms with E-state index in [0.717, 1.165) is 22.8 Å². The summed E-state index contributed by atoms with van der Waals surface area (Å²) in [7, 11) is 0. The zero-order chi connectivity index (χ0) is 41.7. The highest BCUT2D eigenvalue weighted by molar-refractivity contribution is 5.95. The minimum Gasteiger partial charge on any atom is -0.310 e. The lowest BCUT2D eigenvalue weighted by Crippen LogP contribution is -2.49. The third-order valence-electron chi connectivity index (χ3n) is 13.6. The van der Waals surface area contributed by atoms with E-state index in [1.807, 2.05) is 6.07 Å². The summed E-state index contributed by atoms with van der Waals surface area (Å²) >= 11 is 0. The Balaban J connectivity index is 1.20. The lowest BCUT2D eigenvalue weighted by atomic mass is 9.48. The molecule has 0 atom stereocenters. The van der Waals surface area contributed by atoms with Gasteiger partial charge in [-0.3, -0.25) is 0 Å². The summed E-state index contributed by atoms with van der Waals surface area (Å²) in [5.41, 5.74) is 22.0. The molecule has 1 aliphatic carbocycles. The van der Waals surface area contributed by atoms with Crippen molar-refractivity contribution in [2.75, 3.05) is 9.80 Å². The maximum atomic E-state index is 4.55. The van der Waals surface area contributed by atoms with Crippen LogP contribution in [0.5, 0.6) is 0 Å². The molecular formula is C58H44N4. The van der Waals surface area contributed by atoms with Crippen LogP contribution in [0.3, 0.4) is 0 Å². The summed E-state index contributed by atoms with van der Waals surface area (Å²) in [6.07, 6.45) is 3.60. The average molecular weight is 797 g/mol. The number of anilines is 6. The van der Waals surface area contributed by atoms with Crippen molar-refractivity contribution in [3.8, 4) is 11.4 Å². The van der Waals surface area contributed by atoms with Gasteiger partial charge < -0.3 is 9.80 Å². The molecule has 1 aromatic heterocycles. The Morgan fingerprint density at radius 1 is 0.323 bits per heavy atom. The standard InChI is InChI=1S/C58H44N4/c1-37-19-27-52-48(33-37)57(49-34-38(2)20-28-53(49)61(52)42-13-6-5-7-14-42)44-15-8-10-17-46(44)58(47-18-11-9-16-45(47)57)50-35-39(3)21-29-54(50)62(55-30-22-40(4)36-51(55)58)43-25-23-41(24-26-43)56-59-31-12-32-60-56/h5-36H,1-4H3. The fourth-order valence-corrected chi connectivity index (χ4v) is 11.2. The number of nitrogens with zero attached hydrogens (tertiary/aromatic N) is 4. The fourth-order valence-electron chi connectivity index (χ4n) is 11.2. The highest BCUT2D eigenvalue weighted by Crippen LogP contribution is 2.68. The van der Waals surface area contributed by atoms with E-state index in [2.05, 4.69) is 223 Å². The van der Waals surface area contributed by atoms with Gasteiger partial charge in [0.2, 0.25) is 0 Å². The fraction of sp³-hybridized carbons (Fsp3) is 0.103. The van der Waals surface area contributed by atoms with Crippen LogP contribution in [0.25, 0.3) is 11.4 Å². The molecule has 62 heavy (non-hydrogen) atoms. The Labute approximate surface area is 363 Å². The lowest BCUT2D eigenvalue weighted by Gasteiger charge is -2.56. The Morgan fingerprint density at radius 3 is 1.03 bits per heavy atom. The van der Waals surface area contributed by atoms with E-state index >= 15 is 0 Å². The number of benzene rings is 8. The molecule has 0 amide bonds. The van der Waals surface area contributed by atoms with Gasteiger partial charge in [-0.25, -0.2) is 9.97 Å². The SMILES string of the molecule is Cc1ccc2c(c1)C1(c3cc(C)ccc3N2c2ccccc2)c2ccccc2C2(c3cc(C)ccc3N(c3ccc(-c4ncccn4)cc3)c3ccc(C)cc32)c2ccccc21.